The van der Waals surface area contributed by atoms with E-state index in [9.17, 15) is 0 Å². The second-order valence-corrected chi connectivity index (χ2v) is 5.99. The van der Waals surface area contributed by atoms with Crippen LogP contribution in [0.5, 0.6) is 0 Å². The molecule has 0 aromatic rings. The third-order valence-electron chi connectivity index (χ3n) is 3.84. The van der Waals surface area contributed by atoms with Crippen LogP contribution in [0.1, 0.15) is 59.8 Å². The first kappa shape index (κ1) is 12.0. The molecule has 1 aliphatic carbocycles. The topological polar surface area (TPSA) is 12.0 Å². The summed E-state index contributed by atoms with van der Waals surface area (Å²) in [5.74, 6) is 0.816. The molecule has 0 aromatic carbocycles. The van der Waals surface area contributed by atoms with Crippen LogP contribution in [0.25, 0.3) is 0 Å². The molecule has 1 nitrogen and oxygen atoms in total. The molecule has 1 atom stereocenters. The van der Waals surface area contributed by atoms with Gasteiger partial charge < -0.3 is 5.32 Å². The summed E-state index contributed by atoms with van der Waals surface area (Å²) in [6.45, 7) is 10.6. The van der Waals surface area contributed by atoms with E-state index < -0.39 is 0 Å². The van der Waals surface area contributed by atoms with Crippen molar-refractivity contribution in [1.29, 1.82) is 0 Å². The van der Waals surface area contributed by atoms with Gasteiger partial charge >= 0.3 is 0 Å². The maximum absolute atomic E-state index is 3.68. The van der Waals surface area contributed by atoms with Crippen molar-refractivity contribution < 1.29 is 0 Å². The lowest BCUT2D eigenvalue weighted by molar-refractivity contribution is 0.242. The summed E-state index contributed by atoms with van der Waals surface area (Å²) < 4.78 is 0. The molecule has 1 fully saturated rings. The fourth-order valence-electron chi connectivity index (χ4n) is 2.07. The summed E-state index contributed by atoms with van der Waals surface area (Å²) in [6.07, 6.45) is 7.01. The molecule has 0 radical (unpaired) electrons. The highest BCUT2D eigenvalue weighted by molar-refractivity contribution is 4.75. The van der Waals surface area contributed by atoms with Crippen molar-refractivity contribution >= 4 is 0 Å². The van der Waals surface area contributed by atoms with Crippen LogP contribution in [0.2, 0.25) is 0 Å². The van der Waals surface area contributed by atoms with Gasteiger partial charge in [-0.2, -0.15) is 0 Å². The number of rotatable bonds is 4. The minimum Gasteiger partial charge on any atom is -0.314 e. The fourth-order valence-corrected chi connectivity index (χ4v) is 2.07. The van der Waals surface area contributed by atoms with Crippen molar-refractivity contribution in [3.8, 4) is 0 Å². The maximum Gasteiger partial charge on any atom is 0.00670 e. The van der Waals surface area contributed by atoms with Crippen molar-refractivity contribution in [3.63, 3.8) is 0 Å². The van der Waals surface area contributed by atoms with Gasteiger partial charge in [0.25, 0.3) is 0 Å². The zero-order chi connectivity index (χ0) is 10.6. The van der Waals surface area contributed by atoms with E-state index >= 15 is 0 Å². The van der Waals surface area contributed by atoms with Crippen LogP contribution in [0.15, 0.2) is 0 Å². The lowest BCUT2D eigenvalue weighted by atomic mass is 9.80. The van der Waals surface area contributed by atoms with Crippen molar-refractivity contribution in [2.24, 2.45) is 11.3 Å². The van der Waals surface area contributed by atoms with Crippen molar-refractivity contribution in [2.45, 2.75) is 65.8 Å². The maximum atomic E-state index is 3.68. The first-order valence-corrected chi connectivity index (χ1v) is 6.23. The molecule has 1 unspecified atom stereocenters. The zero-order valence-electron chi connectivity index (χ0n) is 10.4. The Kier molecular flexibility index (Phi) is 4.43. The van der Waals surface area contributed by atoms with E-state index in [0.717, 1.165) is 12.0 Å². The normalized spacial score (nSPS) is 21.4. The Labute approximate surface area is 89.7 Å². The Morgan fingerprint density at radius 3 is 2.29 bits per heavy atom. The van der Waals surface area contributed by atoms with Crippen LogP contribution in [-0.2, 0) is 0 Å². The Morgan fingerprint density at radius 2 is 1.79 bits per heavy atom. The van der Waals surface area contributed by atoms with E-state index in [-0.39, 0.29) is 0 Å². The molecular formula is C13H27N. The molecule has 0 aliphatic heterocycles. The smallest absolute Gasteiger partial charge is 0.00670 e. The van der Waals surface area contributed by atoms with Gasteiger partial charge in [0, 0.05) is 6.04 Å². The van der Waals surface area contributed by atoms with E-state index in [2.05, 4.69) is 33.0 Å². The molecule has 0 spiro atoms. The summed E-state index contributed by atoms with van der Waals surface area (Å²) in [5, 5.41) is 3.68. The SMILES string of the molecule is CC(CCNC1CCCC1)C(C)(C)C. The summed E-state index contributed by atoms with van der Waals surface area (Å²) in [5.41, 5.74) is 0.470. The first-order valence-electron chi connectivity index (χ1n) is 6.23. The minimum atomic E-state index is 0.470. The predicted octanol–water partition coefficient (Wildman–Crippen LogP) is 3.59. The summed E-state index contributed by atoms with van der Waals surface area (Å²) in [4.78, 5) is 0. The summed E-state index contributed by atoms with van der Waals surface area (Å²) in [6, 6.07) is 0.835. The molecule has 0 heterocycles. The molecule has 0 saturated heterocycles. The van der Waals surface area contributed by atoms with Gasteiger partial charge in [-0.1, -0.05) is 40.5 Å². The van der Waals surface area contributed by atoms with Gasteiger partial charge in [-0.15, -0.1) is 0 Å². The van der Waals surface area contributed by atoms with Crippen molar-refractivity contribution in [1.82, 2.24) is 5.32 Å². The molecule has 1 saturated carbocycles. The third-order valence-corrected chi connectivity index (χ3v) is 3.84. The number of hydrogen-bond donors (Lipinski definition) is 1. The summed E-state index contributed by atoms with van der Waals surface area (Å²) in [7, 11) is 0. The Hall–Kier alpha value is -0.0400. The predicted molar refractivity (Wildman–Crippen MR) is 63.5 cm³/mol. The molecule has 1 rings (SSSR count). The first-order chi connectivity index (χ1) is 6.50. The largest absolute Gasteiger partial charge is 0.314 e. The zero-order valence-corrected chi connectivity index (χ0v) is 10.4. The summed E-state index contributed by atoms with van der Waals surface area (Å²) >= 11 is 0. The Bertz CT molecular complexity index is 151. The van der Waals surface area contributed by atoms with Gasteiger partial charge in [0.2, 0.25) is 0 Å². The lowest BCUT2D eigenvalue weighted by Gasteiger charge is -2.27. The third kappa shape index (κ3) is 4.00. The highest BCUT2D eigenvalue weighted by Crippen LogP contribution is 2.27. The Balaban J connectivity index is 2.08. The van der Waals surface area contributed by atoms with Gasteiger partial charge in [-0.25, -0.2) is 0 Å². The van der Waals surface area contributed by atoms with Crippen LogP contribution >= 0.6 is 0 Å². The number of nitrogens with one attached hydrogen (secondary N) is 1. The van der Waals surface area contributed by atoms with E-state index in [4.69, 9.17) is 0 Å². The molecule has 0 bridgehead atoms. The molecular weight excluding hydrogens is 170 g/mol. The van der Waals surface area contributed by atoms with Gasteiger partial charge in [0.1, 0.15) is 0 Å². The average Bonchev–Trinajstić information content (AvgIpc) is 2.55. The Morgan fingerprint density at radius 1 is 1.21 bits per heavy atom. The second kappa shape index (κ2) is 5.16. The highest BCUT2D eigenvalue weighted by atomic mass is 14.9. The highest BCUT2D eigenvalue weighted by Gasteiger charge is 2.20. The van der Waals surface area contributed by atoms with Crippen LogP contribution in [0, 0.1) is 11.3 Å². The van der Waals surface area contributed by atoms with Crippen LogP contribution in [-0.4, -0.2) is 12.6 Å². The van der Waals surface area contributed by atoms with E-state index in [1.165, 1.54) is 38.6 Å². The average molecular weight is 197 g/mol. The van der Waals surface area contributed by atoms with Gasteiger partial charge in [0.05, 0.1) is 0 Å². The van der Waals surface area contributed by atoms with Crippen molar-refractivity contribution in [3.05, 3.63) is 0 Å². The second-order valence-electron chi connectivity index (χ2n) is 5.99. The van der Waals surface area contributed by atoms with Gasteiger partial charge in [0.15, 0.2) is 0 Å². The van der Waals surface area contributed by atoms with Crippen LogP contribution in [0.4, 0.5) is 0 Å². The minimum absolute atomic E-state index is 0.470. The fraction of sp³-hybridized carbons (Fsp3) is 1.00. The van der Waals surface area contributed by atoms with Gasteiger partial charge in [-0.3, -0.25) is 0 Å². The van der Waals surface area contributed by atoms with Crippen LogP contribution < -0.4 is 5.32 Å². The molecule has 1 N–H and O–H groups in total. The molecule has 0 amide bonds. The van der Waals surface area contributed by atoms with E-state index in [1.807, 2.05) is 0 Å². The lowest BCUT2D eigenvalue weighted by Crippen LogP contribution is -2.30. The van der Waals surface area contributed by atoms with E-state index in [1.54, 1.807) is 0 Å². The number of hydrogen-bond acceptors (Lipinski definition) is 1. The quantitative estimate of drug-likeness (QED) is 0.726. The van der Waals surface area contributed by atoms with Crippen molar-refractivity contribution in [2.75, 3.05) is 6.54 Å². The molecule has 1 heteroatoms. The molecule has 84 valence electrons. The standard InChI is InChI=1S/C13H27N/c1-11(13(2,3)4)9-10-14-12-7-5-6-8-12/h11-12,14H,5-10H2,1-4H3. The monoisotopic (exact) mass is 197 g/mol. The van der Waals surface area contributed by atoms with Crippen LogP contribution in [0.3, 0.4) is 0 Å². The molecule has 1 aliphatic rings. The molecule has 14 heavy (non-hydrogen) atoms. The molecule has 0 aromatic heterocycles. The van der Waals surface area contributed by atoms with E-state index in [0.29, 0.717) is 5.41 Å². The van der Waals surface area contributed by atoms with Gasteiger partial charge in [-0.05, 0) is 37.1 Å².